The van der Waals surface area contributed by atoms with E-state index >= 15 is 0 Å². The Balaban J connectivity index is 1.85. The minimum atomic E-state index is -3.84. The normalized spacial score (nSPS) is 14.7. The van der Waals surface area contributed by atoms with Gasteiger partial charge in [-0.05, 0) is 37.0 Å². The Labute approximate surface area is 213 Å². The molecule has 1 aliphatic rings. The Morgan fingerprint density at radius 3 is 2.39 bits per heavy atom. The first-order valence-corrected chi connectivity index (χ1v) is 13.3. The predicted molar refractivity (Wildman–Crippen MR) is 134 cm³/mol. The van der Waals surface area contributed by atoms with Crippen LogP contribution in [0.5, 0.6) is 0 Å². The lowest BCUT2D eigenvalue weighted by molar-refractivity contribution is 0.0474. The number of carbonyl (C=O) groups is 2. The van der Waals surface area contributed by atoms with Crippen molar-refractivity contribution in [2.45, 2.75) is 44.6 Å². The summed E-state index contributed by atoms with van der Waals surface area (Å²) in [7, 11) is -2.62. The van der Waals surface area contributed by atoms with Crippen molar-refractivity contribution in [1.82, 2.24) is 13.4 Å². The largest absolute Gasteiger partial charge is 0.454 e. The fraction of sp³-hybridized carbons (Fsp3) is 0.478. The van der Waals surface area contributed by atoms with Crippen LogP contribution in [0, 0.1) is 5.92 Å². The molecular formula is C23H29ClN4O7S. The molecule has 0 radical (unpaired) electrons. The summed E-state index contributed by atoms with van der Waals surface area (Å²) in [5, 5.41) is -0.0639. The minimum Gasteiger partial charge on any atom is -0.454 e. The van der Waals surface area contributed by atoms with E-state index in [-0.39, 0.29) is 33.8 Å². The van der Waals surface area contributed by atoms with E-state index in [2.05, 4.69) is 0 Å². The van der Waals surface area contributed by atoms with Gasteiger partial charge in [-0.15, -0.1) is 0 Å². The van der Waals surface area contributed by atoms with Gasteiger partial charge in [-0.2, -0.15) is 4.31 Å². The SMILES string of the molecule is CC(C)Cn1c(N)c(C(=O)COC(=O)c2cc(S(=O)(=O)N3CCCCC3)ccc2Cl)c(=O)n(C)c1=O. The standard InChI is InChI=1S/C23H29ClN4O7S/c1-14(2)12-28-20(25)19(21(30)26(3)23(28)32)18(29)13-35-22(31)16-11-15(7-8-17(16)24)36(33,34)27-9-5-4-6-10-27/h7-8,11,14H,4-6,9-10,12-13,25H2,1-3H3. The quantitative estimate of drug-likeness (QED) is 0.392. The van der Waals surface area contributed by atoms with Gasteiger partial charge in [0.1, 0.15) is 11.4 Å². The average molecular weight is 541 g/mol. The second-order valence-electron chi connectivity index (χ2n) is 9.02. The van der Waals surface area contributed by atoms with Gasteiger partial charge in [0.2, 0.25) is 15.8 Å². The monoisotopic (exact) mass is 540 g/mol. The van der Waals surface area contributed by atoms with Crippen LogP contribution in [0.4, 0.5) is 5.82 Å². The number of Topliss-reactive ketones (excluding diaryl/α,β-unsaturated/α-hetero) is 1. The van der Waals surface area contributed by atoms with Gasteiger partial charge in [0.15, 0.2) is 6.61 Å². The fourth-order valence-corrected chi connectivity index (χ4v) is 5.68. The van der Waals surface area contributed by atoms with E-state index in [0.29, 0.717) is 13.1 Å². The molecule has 2 N–H and O–H groups in total. The molecule has 3 rings (SSSR count). The first-order chi connectivity index (χ1) is 16.9. The molecule has 196 valence electrons. The highest BCUT2D eigenvalue weighted by molar-refractivity contribution is 7.89. The van der Waals surface area contributed by atoms with Crippen molar-refractivity contribution in [1.29, 1.82) is 0 Å². The van der Waals surface area contributed by atoms with E-state index < -0.39 is 45.2 Å². The summed E-state index contributed by atoms with van der Waals surface area (Å²) in [4.78, 5) is 50.4. The van der Waals surface area contributed by atoms with Crippen molar-refractivity contribution < 1.29 is 22.7 Å². The summed E-state index contributed by atoms with van der Waals surface area (Å²) >= 11 is 6.11. The van der Waals surface area contributed by atoms with E-state index in [4.69, 9.17) is 22.1 Å². The number of esters is 1. The molecule has 1 fully saturated rings. The highest BCUT2D eigenvalue weighted by Gasteiger charge is 2.28. The maximum Gasteiger partial charge on any atom is 0.340 e. The Kier molecular flexibility index (Phi) is 8.42. The van der Waals surface area contributed by atoms with Crippen molar-refractivity contribution >= 4 is 39.2 Å². The second-order valence-corrected chi connectivity index (χ2v) is 11.4. The molecule has 1 aliphatic heterocycles. The molecule has 13 heteroatoms. The Hall–Kier alpha value is -2.96. The third-order valence-corrected chi connectivity index (χ3v) is 8.08. The van der Waals surface area contributed by atoms with E-state index in [1.165, 1.54) is 23.5 Å². The maximum atomic E-state index is 13.0. The van der Waals surface area contributed by atoms with Crippen LogP contribution in [0.15, 0.2) is 32.7 Å². The molecular weight excluding hydrogens is 512 g/mol. The summed E-state index contributed by atoms with van der Waals surface area (Å²) < 4.78 is 34.2. The third kappa shape index (κ3) is 5.55. The summed E-state index contributed by atoms with van der Waals surface area (Å²) in [5.74, 6) is -2.27. The zero-order valence-electron chi connectivity index (χ0n) is 20.3. The van der Waals surface area contributed by atoms with Gasteiger partial charge in [-0.25, -0.2) is 18.0 Å². The Morgan fingerprint density at radius 2 is 1.78 bits per heavy atom. The van der Waals surface area contributed by atoms with Gasteiger partial charge < -0.3 is 10.5 Å². The number of nitrogen functional groups attached to an aromatic ring is 1. The maximum absolute atomic E-state index is 13.0. The molecule has 0 bridgehead atoms. The van der Waals surface area contributed by atoms with Gasteiger partial charge in [0.25, 0.3) is 5.56 Å². The Morgan fingerprint density at radius 1 is 1.14 bits per heavy atom. The van der Waals surface area contributed by atoms with Crippen LogP contribution in [-0.2, 0) is 28.4 Å². The van der Waals surface area contributed by atoms with Gasteiger partial charge >= 0.3 is 11.7 Å². The summed E-state index contributed by atoms with van der Waals surface area (Å²) in [6, 6.07) is 3.68. The molecule has 36 heavy (non-hydrogen) atoms. The number of hydrogen-bond donors (Lipinski definition) is 1. The number of sulfonamides is 1. The fourth-order valence-electron chi connectivity index (χ4n) is 3.94. The number of halogens is 1. The molecule has 1 aromatic carbocycles. The van der Waals surface area contributed by atoms with E-state index in [9.17, 15) is 27.6 Å². The van der Waals surface area contributed by atoms with Gasteiger partial charge in [0.05, 0.1) is 15.5 Å². The van der Waals surface area contributed by atoms with Crippen molar-refractivity contribution in [3.05, 3.63) is 55.2 Å². The van der Waals surface area contributed by atoms with Crippen LogP contribution in [-0.4, -0.2) is 53.3 Å². The lowest BCUT2D eigenvalue weighted by Crippen LogP contribution is -2.43. The molecule has 0 spiro atoms. The number of nitrogens with zero attached hydrogens (tertiary/aromatic N) is 3. The number of aromatic nitrogens is 2. The zero-order chi connectivity index (χ0) is 26.8. The lowest BCUT2D eigenvalue weighted by atomic mass is 10.1. The first-order valence-electron chi connectivity index (χ1n) is 11.5. The molecule has 0 aliphatic carbocycles. The molecule has 2 heterocycles. The smallest absolute Gasteiger partial charge is 0.340 e. The van der Waals surface area contributed by atoms with Gasteiger partial charge in [0, 0.05) is 26.7 Å². The van der Waals surface area contributed by atoms with Crippen LogP contribution in [0.1, 0.15) is 53.8 Å². The summed E-state index contributed by atoms with van der Waals surface area (Å²) in [6.07, 6.45) is 2.44. The minimum absolute atomic E-state index is 0.00100. The highest BCUT2D eigenvalue weighted by atomic mass is 35.5. The number of anilines is 1. The van der Waals surface area contributed by atoms with Crippen LogP contribution in [0.25, 0.3) is 0 Å². The van der Waals surface area contributed by atoms with Gasteiger partial charge in [-0.1, -0.05) is 31.9 Å². The summed E-state index contributed by atoms with van der Waals surface area (Å²) in [5.41, 5.74) is 3.68. The molecule has 2 aromatic rings. The molecule has 0 atom stereocenters. The number of carbonyl (C=O) groups excluding carboxylic acids is 2. The first kappa shape index (κ1) is 27.6. The number of ketones is 1. The topological polar surface area (TPSA) is 151 Å². The Bertz CT molecular complexity index is 1410. The molecule has 1 aromatic heterocycles. The number of rotatable bonds is 8. The van der Waals surface area contributed by atoms with E-state index in [1.807, 2.05) is 13.8 Å². The molecule has 1 saturated heterocycles. The molecule has 0 saturated carbocycles. The highest BCUT2D eigenvalue weighted by Crippen LogP contribution is 2.25. The third-order valence-electron chi connectivity index (χ3n) is 5.85. The summed E-state index contributed by atoms with van der Waals surface area (Å²) in [6.45, 7) is 3.75. The van der Waals surface area contributed by atoms with E-state index in [1.54, 1.807) is 0 Å². The van der Waals surface area contributed by atoms with Crippen molar-refractivity contribution in [2.24, 2.45) is 13.0 Å². The van der Waals surface area contributed by atoms with Gasteiger partial charge in [-0.3, -0.25) is 18.7 Å². The lowest BCUT2D eigenvalue weighted by Gasteiger charge is -2.26. The number of ether oxygens (including phenoxy) is 1. The number of piperidine rings is 1. The van der Waals surface area contributed by atoms with Crippen LogP contribution in [0.2, 0.25) is 5.02 Å². The van der Waals surface area contributed by atoms with Crippen LogP contribution >= 0.6 is 11.6 Å². The molecule has 0 amide bonds. The number of nitrogens with two attached hydrogens (primary N) is 1. The van der Waals surface area contributed by atoms with Crippen molar-refractivity contribution in [3.63, 3.8) is 0 Å². The second kappa shape index (κ2) is 11.0. The molecule has 0 unspecified atom stereocenters. The number of hydrogen-bond acceptors (Lipinski definition) is 8. The predicted octanol–water partition coefficient (Wildman–Crippen LogP) is 1.65. The molecule has 11 nitrogen and oxygen atoms in total. The van der Waals surface area contributed by atoms with Crippen molar-refractivity contribution in [2.75, 3.05) is 25.4 Å². The van der Waals surface area contributed by atoms with Crippen molar-refractivity contribution in [3.8, 4) is 0 Å². The number of benzene rings is 1. The average Bonchev–Trinajstić information content (AvgIpc) is 2.84. The van der Waals surface area contributed by atoms with E-state index in [0.717, 1.165) is 34.5 Å². The van der Waals surface area contributed by atoms with Crippen LogP contribution < -0.4 is 17.0 Å². The van der Waals surface area contributed by atoms with Crippen LogP contribution in [0.3, 0.4) is 0 Å². The zero-order valence-corrected chi connectivity index (χ0v) is 21.9.